The van der Waals surface area contributed by atoms with Crippen molar-refractivity contribution in [3.63, 3.8) is 0 Å². The molecular formula is C22H26N3O2S+. The second-order valence-electron chi connectivity index (χ2n) is 7.28. The number of amides is 1. The van der Waals surface area contributed by atoms with Crippen LogP contribution in [-0.2, 0) is 11.3 Å². The minimum Gasteiger partial charge on any atom is -0.497 e. The summed E-state index contributed by atoms with van der Waals surface area (Å²) in [6.45, 7) is 2.06. The number of benzene rings is 2. The van der Waals surface area contributed by atoms with Crippen molar-refractivity contribution in [3.8, 4) is 5.75 Å². The molecule has 0 spiro atoms. The van der Waals surface area contributed by atoms with E-state index >= 15 is 0 Å². The third kappa shape index (κ3) is 4.34. The fraction of sp³-hybridized carbons (Fsp3) is 0.364. The van der Waals surface area contributed by atoms with Crippen molar-refractivity contribution in [1.29, 1.82) is 0 Å². The summed E-state index contributed by atoms with van der Waals surface area (Å²) >= 11 is 1.77. The molecule has 2 N–H and O–H groups in total. The molecule has 5 nitrogen and oxygen atoms in total. The molecule has 1 unspecified atom stereocenters. The highest BCUT2D eigenvalue weighted by Gasteiger charge is 2.31. The molecule has 0 aliphatic carbocycles. The summed E-state index contributed by atoms with van der Waals surface area (Å²) in [5.41, 5.74) is 2.14. The van der Waals surface area contributed by atoms with Gasteiger partial charge in [-0.25, -0.2) is 4.98 Å². The van der Waals surface area contributed by atoms with Crippen LogP contribution in [0.3, 0.4) is 0 Å². The van der Waals surface area contributed by atoms with Crippen LogP contribution < -0.4 is 15.0 Å². The number of aromatic nitrogens is 1. The number of hydrogen-bond donors (Lipinski definition) is 2. The topological polar surface area (TPSA) is 55.7 Å². The van der Waals surface area contributed by atoms with Gasteiger partial charge in [0, 0.05) is 13.0 Å². The Morgan fingerprint density at radius 2 is 2.04 bits per heavy atom. The van der Waals surface area contributed by atoms with Crippen LogP contribution >= 0.6 is 11.3 Å². The van der Waals surface area contributed by atoms with E-state index in [4.69, 9.17) is 9.72 Å². The summed E-state index contributed by atoms with van der Waals surface area (Å²) in [4.78, 5) is 18.8. The number of hydrogen-bond acceptors (Lipinski definition) is 4. The maximum atomic E-state index is 12.6. The Kier molecular flexibility index (Phi) is 5.88. The summed E-state index contributed by atoms with van der Waals surface area (Å²) in [5, 5.41) is 4.23. The number of ether oxygens (including phenoxy) is 1. The van der Waals surface area contributed by atoms with Crippen molar-refractivity contribution < 1.29 is 14.4 Å². The molecule has 0 saturated carbocycles. The van der Waals surface area contributed by atoms with Gasteiger partial charge < -0.3 is 15.0 Å². The molecule has 1 saturated heterocycles. The van der Waals surface area contributed by atoms with E-state index in [1.807, 2.05) is 30.3 Å². The highest BCUT2D eigenvalue weighted by Crippen LogP contribution is 2.28. The largest absolute Gasteiger partial charge is 0.497 e. The Hall–Kier alpha value is -2.44. The highest BCUT2D eigenvalue weighted by atomic mass is 32.1. The van der Waals surface area contributed by atoms with Crippen LogP contribution in [0.2, 0.25) is 0 Å². The van der Waals surface area contributed by atoms with Crippen molar-refractivity contribution in [2.24, 2.45) is 0 Å². The number of thiazole rings is 1. The zero-order valence-corrected chi connectivity index (χ0v) is 16.9. The molecule has 146 valence electrons. The van der Waals surface area contributed by atoms with Gasteiger partial charge in [0.05, 0.1) is 23.9 Å². The van der Waals surface area contributed by atoms with E-state index in [1.54, 1.807) is 18.4 Å². The highest BCUT2D eigenvalue weighted by molar-refractivity contribution is 7.18. The van der Waals surface area contributed by atoms with Gasteiger partial charge in [-0.2, -0.15) is 0 Å². The van der Waals surface area contributed by atoms with E-state index in [1.165, 1.54) is 27.4 Å². The predicted octanol–water partition coefficient (Wildman–Crippen LogP) is 2.73. The molecule has 1 aromatic heterocycles. The first-order valence-corrected chi connectivity index (χ1v) is 10.6. The molecule has 0 radical (unpaired) electrons. The second kappa shape index (κ2) is 8.71. The summed E-state index contributed by atoms with van der Waals surface area (Å²) in [6, 6.07) is 16.4. The lowest BCUT2D eigenvalue weighted by molar-refractivity contribution is -0.929. The Morgan fingerprint density at radius 3 is 2.82 bits per heavy atom. The second-order valence-corrected chi connectivity index (χ2v) is 8.34. The van der Waals surface area contributed by atoms with Gasteiger partial charge in [0.25, 0.3) is 5.91 Å². The number of likely N-dealkylation sites (tertiary alicyclic amines) is 1. The number of fused-ring (bicyclic) bond motifs is 1. The summed E-state index contributed by atoms with van der Waals surface area (Å²) in [6.07, 6.45) is 3.47. The summed E-state index contributed by atoms with van der Waals surface area (Å²) < 4.78 is 6.40. The van der Waals surface area contributed by atoms with E-state index < -0.39 is 0 Å². The lowest BCUT2D eigenvalue weighted by atomic mass is 10.0. The van der Waals surface area contributed by atoms with Gasteiger partial charge in [-0.1, -0.05) is 24.3 Å². The van der Waals surface area contributed by atoms with Gasteiger partial charge in [0.15, 0.2) is 11.6 Å². The van der Waals surface area contributed by atoms with Crippen molar-refractivity contribution in [1.82, 2.24) is 10.3 Å². The molecule has 28 heavy (non-hydrogen) atoms. The zero-order valence-electron chi connectivity index (χ0n) is 16.1. The molecule has 1 amide bonds. The van der Waals surface area contributed by atoms with Crippen molar-refractivity contribution >= 4 is 27.5 Å². The number of rotatable bonds is 6. The Bertz CT molecular complexity index is 905. The van der Waals surface area contributed by atoms with Gasteiger partial charge in [0.1, 0.15) is 11.8 Å². The fourth-order valence-electron chi connectivity index (χ4n) is 3.84. The first kappa shape index (κ1) is 18.9. The molecular weight excluding hydrogens is 370 g/mol. The minimum atomic E-state index is 0.0961. The van der Waals surface area contributed by atoms with E-state index in [0.717, 1.165) is 29.8 Å². The molecule has 1 fully saturated rings. The number of nitrogens with one attached hydrogen (secondary N) is 2. The predicted molar refractivity (Wildman–Crippen MR) is 112 cm³/mol. The van der Waals surface area contributed by atoms with Crippen LogP contribution in [0.25, 0.3) is 10.2 Å². The SMILES string of the molecule is COc1ccc(CNC(=O)C[NH+]2CCCC[C@@H]2c2nc3ccccc3s2)cc1. The van der Waals surface area contributed by atoms with Gasteiger partial charge in [-0.05, 0) is 42.7 Å². The fourth-order valence-corrected chi connectivity index (χ4v) is 5.00. The zero-order chi connectivity index (χ0) is 19.3. The molecule has 1 aliphatic heterocycles. The standard InChI is InChI=1S/C22H25N3O2S/c1-27-17-11-9-16(10-12-17)14-23-21(26)15-25-13-5-4-7-19(25)22-24-18-6-2-3-8-20(18)28-22/h2-3,6,8-12,19H,4-5,7,13-15H2,1H3,(H,23,26)/p+1/t19-/m1/s1. The van der Waals surface area contributed by atoms with Gasteiger partial charge in [-0.15, -0.1) is 11.3 Å². The van der Waals surface area contributed by atoms with Gasteiger partial charge in [-0.3, -0.25) is 4.79 Å². The molecule has 2 aromatic carbocycles. The van der Waals surface area contributed by atoms with Crippen LogP contribution in [0, 0.1) is 0 Å². The minimum absolute atomic E-state index is 0.0961. The average molecular weight is 397 g/mol. The smallest absolute Gasteiger partial charge is 0.275 e. The monoisotopic (exact) mass is 396 g/mol. The van der Waals surface area contributed by atoms with E-state index in [2.05, 4.69) is 23.5 Å². The molecule has 1 aliphatic rings. The number of piperidine rings is 1. The maximum absolute atomic E-state index is 12.6. The van der Waals surface area contributed by atoms with E-state index in [-0.39, 0.29) is 5.91 Å². The Morgan fingerprint density at radius 1 is 1.21 bits per heavy atom. The van der Waals surface area contributed by atoms with Crippen LogP contribution in [0.5, 0.6) is 5.75 Å². The first-order chi connectivity index (χ1) is 13.7. The average Bonchev–Trinajstić information content (AvgIpc) is 3.17. The quantitative estimate of drug-likeness (QED) is 0.674. The van der Waals surface area contributed by atoms with E-state index in [0.29, 0.717) is 19.1 Å². The van der Waals surface area contributed by atoms with Gasteiger partial charge in [0.2, 0.25) is 0 Å². The summed E-state index contributed by atoms with van der Waals surface area (Å²) in [5.74, 6) is 0.922. The molecule has 2 atom stereocenters. The Balaban J connectivity index is 1.39. The van der Waals surface area contributed by atoms with Gasteiger partial charge >= 0.3 is 0 Å². The third-order valence-corrected chi connectivity index (χ3v) is 6.53. The number of methoxy groups -OCH3 is 1. The molecule has 4 rings (SSSR count). The molecule has 0 bridgehead atoms. The number of carbonyl (C=O) groups excluding carboxylic acids is 1. The van der Waals surface area contributed by atoms with E-state index in [9.17, 15) is 4.79 Å². The van der Waals surface area contributed by atoms with Crippen LogP contribution in [0.1, 0.15) is 35.9 Å². The maximum Gasteiger partial charge on any atom is 0.275 e. The third-order valence-electron chi connectivity index (χ3n) is 5.38. The Labute approximate surface area is 169 Å². The number of carbonyl (C=O) groups is 1. The first-order valence-electron chi connectivity index (χ1n) is 9.82. The van der Waals surface area contributed by atoms with Crippen LogP contribution in [0.4, 0.5) is 0 Å². The van der Waals surface area contributed by atoms with Crippen molar-refractivity contribution in [2.45, 2.75) is 31.8 Å². The van der Waals surface area contributed by atoms with Crippen LogP contribution in [-0.4, -0.2) is 31.1 Å². The van der Waals surface area contributed by atoms with Crippen molar-refractivity contribution in [3.05, 3.63) is 59.1 Å². The molecule has 6 heteroatoms. The van der Waals surface area contributed by atoms with Crippen LogP contribution in [0.15, 0.2) is 48.5 Å². The number of quaternary nitrogens is 1. The molecule has 2 heterocycles. The normalized spacial score (nSPS) is 19.5. The lowest BCUT2D eigenvalue weighted by Gasteiger charge is -2.30. The summed E-state index contributed by atoms with van der Waals surface area (Å²) in [7, 11) is 1.65. The number of para-hydroxylation sites is 1. The lowest BCUT2D eigenvalue weighted by Crippen LogP contribution is -3.14. The van der Waals surface area contributed by atoms with Crippen molar-refractivity contribution in [2.75, 3.05) is 20.2 Å². The molecule has 3 aromatic rings. The number of nitrogens with zero attached hydrogens (tertiary/aromatic N) is 1.